The van der Waals surface area contributed by atoms with Crippen molar-refractivity contribution in [1.29, 1.82) is 0 Å². The molecule has 1 amide bonds. The summed E-state index contributed by atoms with van der Waals surface area (Å²) in [5.41, 5.74) is 1.67. The summed E-state index contributed by atoms with van der Waals surface area (Å²) in [6.45, 7) is 9.86. The first-order valence-electron chi connectivity index (χ1n) is 10.5. The third kappa shape index (κ3) is 7.60. The summed E-state index contributed by atoms with van der Waals surface area (Å²) in [7, 11) is -3.16. The molecule has 0 aromatic heterocycles. The molecule has 2 atom stereocenters. The third-order valence-electron chi connectivity index (χ3n) is 4.95. The van der Waals surface area contributed by atoms with Gasteiger partial charge in [-0.2, -0.15) is 0 Å². The number of hydrogen-bond acceptors (Lipinski definition) is 5. The molecule has 1 saturated heterocycles. The molecule has 1 fully saturated rings. The maximum atomic E-state index is 12.7. The number of benzene rings is 1. The van der Waals surface area contributed by atoms with Crippen LogP contribution in [0.3, 0.4) is 0 Å². The number of morpholine rings is 1. The number of anilines is 1. The van der Waals surface area contributed by atoms with Crippen molar-refractivity contribution in [2.24, 2.45) is 0 Å². The van der Waals surface area contributed by atoms with Crippen LogP contribution in [0.1, 0.15) is 57.3 Å². The first-order valence-corrected chi connectivity index (χ1v) is 12.0. The fourth-order valence-electron chi connectivity index (χ4n) is 3.30. The van der Waals surface area contributed by atoms with Crippen LogP contribution in [0, 0.1) is 0 Å². The monoisotopic (exact) mass is 425 g/mol. The van der Waals surface area contributed by atoms with Gasteiger partial charge in [0.25, 0.3) is 5.91 Å². The minimum absolute atomic E-state index is 0.0439. The van der Waals surface area contributed by atoms with E-state index in [-0.39, 0.29) is 18.1 Å². The largest absolute Gasteiger partial charge is 0.385 e. The van der Waals surface area contributed by atoms with Gasteiger partial charge in [-0.1, -0.05) is 6.42 Å². The van der Waals surface area contributed by atoms with Crippen molar-refractivity contribution in [3.63, 3.8) is 0 Å². The van der Waals surface area contributed by atoms with E-state index in [2.05, 4.69) is 10.0 Å². The second kappa shape index (κ2) is 10.9. The van der Waals surface area contributed by atoms with E-state index in [0.717, 1.165) is 31.5 Å². The number of amides is 1. The maximum absolute atomic E-state index is 12.7. The van der Waals surface area contributed by atoms with Gasteiger partial charge in [0.1, 0.15) is 0 Å². The van der Waals surface area contributed by atoms with Crippen LogP contribution in [0.2, 0.25) is 0 Å². The van der Waals surface area contributed by atoms with E-state index >= 15 is 0 Å². The van der Waals surface area contributed by atoms with Crippen molar-refractivity contribution >= 4 is 21.6 Å². The van der Waals surface area contributed by atoms with Crippen LogP contribution in [-0.4, -0.2) is 62.9 Å². The molecule has 7 nitrogen and oxygen atoms in total. The Morgan fingerprint density at radius 3 is 2.24 bits per heavy atom. The summed E-state index contributed by atoms with van der Waals surface area (Å²) in [5.74, 6) is 0.0439. The number of nitrogens with one attached hydrogen (secondary N) is 2. The van der Waals surface area contributed by atoms with E-state index in [9.17, 15) is 13.2 Å². The average molecular weight is 426 g/mol. The molecule has 0 saturated carbocycles. The van der Waals surface area contributed by atoms with Gasteiger partial charge in [-0.25, -0.2) is 13.1 Å². The van der Waals surface area contributed by atoms with Crippen LogP contribution in [0.5, 0.6) is 0 Å². The molecule has 1 aromatic rings. The SMILES string of the molecule is CC(C)S(=O)(=O)NCCCCCNc1ccc(C(=O)N2C[C@@H](C)O[C@@H](C)C2)cc1. The van der Waals surface area contributed by atoms with Gasteiger partial charge >= 0.3 is 0 Å². The first kappa shape index (κ1) is 23.6. The summed E-state index contributed by atoms with van der Waals surface area (Å²) in [4.78, 5) is 14.5. The first-order chi connectivity index (χ1) is 13.7. The Kier molecular flexibility index (Phi) is 8.92. The quantitative estimate of drug-likeness (QED) is 0.563. The number of hydrogen-bond donors (Lipinski definition) is 2. The predicted octanol–water partition coefficient (Wildman–Crippen LogP) is 2.85. The molecule has 29 heavy (non-hydrogen) atoms. The molecule has 8 heteroatoms. The molecule has 2 N–H and O–H groups in total. The number of carbonyl (C=O) groups is 1. The molecular formula is C21H35N3O4S. The van der Waals surface area contributed by atoms with Crippen LogP contribution in [0.15, 0.2) is 24.3 Å². The Morgan fingerprint density at radius 1 is 1.07 bits per heavy atom. The van der Waals surface area contributed by atoms with E-state index in [0.29, 0.717) is 25.2 Å². The van der Waals surface area contributed by atoms with Gasteiger partial charge in [-0.3, -0.25) is 4.79 Å². The minimum Gasteiger partial charge on any atom is -0.385 e. The topological polar surface area (TPSA) is 87.7 Å². The van der Waals surface area contributed by atoms with Gasteiger partial charge in [0.15, 0.2) is 0 Å². The number of nitrogens with zero attached hydrogens (tertiary/aromatic N) is 1. The van der Waals surface area contributed by atoms with Gasteiger partial charge in [-0.15, -0.1) is 0 Å². The number of sulfonamides is 1. The van der Waals surface area contributed by atoms with Gasteiger partial charge in [0.2, 0.25) is 10.0 Å². The highest BCUT2D eigenvalue weighted by Crippen LogP contribution is 2.16. The van der Waals surface area contributed by atoms with Crippen molar-refractivity contribution in [2.75, 3.05) is 31.5 Å². The highest BCUT2D eigenvalue weighted by molar-refractivity contribution is 7.90. The second-order valence-electron chi connectivity index (χ2n) is 8.02. The summed E-state index contributed by atoms with van der Waals surface area (Å²) in [6, 6.07) is 7.57. The molecule has 0 spiro atoms. The van der Waals surface area contributed by atoms with Crippen LogP contribution >= 0.6 is 0 Å². The molecule has 1 heterocycles. The van der Waals surface area contributed by atoms with Crippen molar-refractivity contribution in [2.45, 2.75) is 64.4 Å². The lowest BCUT2D eigenvalue weighted by molar-refractivity contribution is -0.0586. The van der Waals surface area contributed by atoms with E-state index in [1.165, 1.54) is 0 Å². The van der Waals surface area contributed by atoms with Crippen LogP contribution in [-0.2, 0) is 14.8 Å². The van der Waals surface area contributed by atoms with Crippen LogP contribution in [0.4, 0.5) is 5.69 Å². The normalized spacial score (nSPS) is 20.1. The van der Waals surface area contributed by atoms with Crippen molar-refractivity contribution in [3.05, 3.63) is 29.8 Å². The Hall–Kier alpha value is -1.64. The Bertz CT molecular complexity index is 740. The smallest absolute Gasteiger partial charge is 0.254 e. The fourth-order valence-corrected chi connectivity index (χ4v) is 4.06. The van der Waals surface area contributed by atoms with E-state index in [4.69, 9.17) is 4.74 Å². The third-order valence-corrected chi connectivity index (χ3v) is 6.79. The summed E-state index contributed by atoms with van der Waals surface area (Å²) >= 11 is 0. The number of ether oxygens (including phenoxy) is 1. The van der Waals surface area contributed by atoms with Crippen LogP contribution in [0.25, 0.3) is 0 Å². The lowest BCUT2D eigenvalue weighted by Crippen LogP contribution is -2.48. The van der Waals surface area contributed by atoms with E-state index < -0.39 is 15.3 Å². The van der Waals surface area contributed by atoms with Gasteiger partial charge in [0, 0.05) is 37.4 Å². The Labute approximate surface area is 175 Å². The Balaban J connectivity index is 1.68. The predicted molar refractivity (Wildman–Crippen MR) is 117 cm³/mol. The van der Waals surface area contributed by atoms with Crippen LogP contribution < -0.4 is 10.0 Å². The molecule has 1 aliphatic heterocycles. The summed E-state index contributed by atoms with van der Waals surface area (Å²) < 4.78 is 31.6. The molecule has 0 aliphatic carbocycles. The minimum atomic E-state index is -3.16. The number of carbonyl (C=O) groups excluding carboxylic acids is 1. The zero-order valence-corrected chi connectivity index (χ0v) is 18.8. The maximum Gasteiger partial charge on any atom is 0.254 e. The van der Waals surface area contributed by atoms with Crippen molar-refractivity contribution in [1.82, 2.24) is 9.62 Å². The lowest BCUT2D eigenvalue weighted by atomic mass is 10.1. The molecular weight excluding hydrogens is 390 g/mol. The molecule has 0 unspecified atom stereocenters. The van der Waals surface area contributed by atoms with Gasteiger partial charge in [0.05, 0.1) is 17.5 Å². The summed E-state index contributed by atoms with van der Waals surface area (Å²) in [5, 5.41) is 2.95. The van der Waals surface area contributed by atoms with E-state index in [1.54, 1.807) is 13.8 Å². The lowest BCUT2D eigenvalue weighted by Gasteiger charge is -2.35. The highest BCUT2D eigenvalue weighted by atomic mass is 32.2. The highest BCUT2D eigenvalue weighted by Gasteiger charge is 2.26. The second-order valence-corrected chi connectivity index (χ2v) is 10.3. The zero-order chi connectivity index (χ0) is 21.4. The molecule has 0 radical (unpaired) electrons. The molecule has 0 bridgehead atoms. The molecule has 1 aromatic carbocycles. The van der Waals surface area contributed by atoms with Crippen molar-refractivity contribution in [3.8, 4) is 0 Å². The molecule has 164 valence electrons. The van der Waals surface area contributed by atoms with E-state index in [1.807, 2.05) is 43.0 Å². The van der Waals surface area contributed by atoms with Crippen molar-refractivity contribution < 1.29 is 17.9 Å². The molecule has 1 aliphatic rings. The standard InChI is InChI=1S/C21H35N3O4S/c1-16(2)29(26,27)23-13-7-5-6-12-22-20-10-8-19(9-11-20)21(25)24-14-17(3)28-18(4)15-24/h8-11,16-18,22-23H,5-7,12-15H2,1-4H3/t17-,18+. The zero-order valence-electron chi connectivity index (χ0n) is 18.0. The number of rotatable bonds is 10. The fraction of sp³-hybridized carbons (Fsp3) is 0.667. The Morgan fingerprint density at radius 2 is 1.66 bits per heavy atom. The van der Waals surface area contributed by atoms with Gasteiger partial charge < -0.3 is 15.0 Å². The average Bonchev–Trinajstić information content (AvgIpc) is 2.66. The molecule has 2 rings (SSSR count). The number of unbranched alkanes of at least 4 members (excludes halogenated alkanes) is 2. The van der Waals surface area contributed by atoms with Gasteiger partial charge in [-0.05, 0) is 64.8 Å². The summed E-state index contributed by atoms with van der Waals surface area (Å²) in [6.07, 6.45) is 2.83.